The lowest BCUT2D eigenvalue weighted by Gasteiger charge is -2.27. The van der Waals surface area contributed by atoms with Gasteiger partial charge in [0.25, 0.3) is 0 Å². The van der Waals surface area contributed by atoms with Crippen LogP contribution in [0, 0.1) is 11.3 Å². The molecule has 0 amide bonds. The van der Waals surface area contributed by atoms with Crippen LogP contribution in [0.4, 0.5) is 0 Å². The molecule has 49 heavy (non-hydrogen) atoms. The Hall–Kier alpha value is -3.55. The molecule has 258 valence electrons. The molecule has 1 saturated heterocycles. The summed E-state index contributed by atoms with van der Waals surface area (Å²) in [6.45, 7) is 5.43. The van der Waals surface area contributed by atoms with Crippen molar-refractivity contribution in [1.82, 2.24) is 15.2 Å². The van der Waals surface area contributed by atoms with E-state index in [9.17, 15) is 5.26 Å². The minimum atomic E-state index is 0.169. The second-order valence-electron chi connectivity index (χ2n) is 11.9. The van der Waals surface area contributed by atoms with E-state index in [2.05, 4.69) is 21.3 Å². The Labute approximate surface area is 303 Å². The normalized spacial score (nSPS) is 13.2. The highest BCUT2D eigenvalue weighted by Crippen LogP contribution is 2.40. The lowest BCUT2D eigenvalue weighted by atomic mass is 10.0. The Balaban J connectivity index is 1.30. The number of aromatic nitrogens is 1. The van der Waals surface area contributed by atoms with Gasteiger partial charge in [-0.15, -0.1) is 0 Å². The molecule has 5 rings (SSSR count). The lowest BCUT2D eigenvalue weighted by Crippen LogP contribution is -2.29. The number of likely N-dealkylation sites (tertiary alicyclic amines) is 1. The van der Waals surface area contributed by atoms with Crippen LogP contribution in [-0.4, -0.2) is 54.4 Å². The van der Waals surface area contributed by atoms with Crippen LogP contribution in [0.25, 0.3) is 11.1 Å². The zero-order valence-corrected chi connectivity index (χ0v) is 29.7. The van der Waals surface area contributed by atoms with E-state index in [4.69, 9.17) is 54.1 Å². The molecule has 2 heterocycles. The maximum Gasteiger partial charge on any atom is 0.142 e. The van der Waals surface area contributed by atoms with Crippen LogP contribution in [-0.2, 0) is 19.8 Å². The number of ether oxygens (including phenoxy) is 3. The van der Waals surface area contributed by atoms with Crippen LogP contribution in [0.2, 0.25) is 15.1 Å². The van der Waals surface area contributed by atoms with Gasteiger partial charge in [-0.1, -0.05) is 71.6 Å². The predicted molar refractivity (Wildman–Crippen MR) is 195 cm³/mol. The van der Waals surface area contributed by atoms with Crippen LogP contribution < -0.4 is 19.5 Å². The monoisotopic (exact) mass is 722 g/mol. The Morgan fingerprint density at radius 2 is 1.55 bits per heavy atom. The highest BCUT2D eigenvalue weighted by molar-refractivity contribution is 6.37. The van der Waals surface area contributed by atoms with Crippen molar-refractivity contribution in [2.24, 2.45) is 0 Å². The molecule has 2 N–H and O–H groups in total. The molecule has 0 radical (unpaired) electrons. The first kappa shape index (κ1) is 36.7. The number of nitriles is 1. The summed E-state index contributed by atoms with van der Waals surface area (Å²) in [6.07, 6.45) is 8.35. The number of benzene rings is 3. The molecular formula is C38H41Cl3N4O4. The third-order valence-corrected chi connectivity index (χ3v) is 9.39. The van der Waals surface area contributed by atoms with Gasteiger partial charge in [-0.2, -0.15) is 5.26 Å². The highest BCUT2D eigenvalue weighted by Gasteiger charge is 2.19. The minimum absolute atomic E-state index is 0.169. The molecule has 0 spiro atoms. The van der Waals surface area contributed by atoms with Crippen molar-refractivity contribution in [3.63, 3.8) is 0 Å². The van der Waals surface area contributed by atoms with E-state index < -0.39 is 0 Å². The molecule has 1 aliphatic heterocycles. The van der Waals surface area contributed by atoms with Crippen molar-refractivity contribution >= 4 is 34.8 Å². The van der Waals surface area contributed by atoms with Crippen molar-refractivity contribution in [2.75, 3.05) is 39.4 Å². The number of piperidine rings is 1. The fraction of sp³-hybridized carbons (Fsp3) is 0.368. The molecule has 1 aromatic heterocycles. The molecule has 0 unspecified atom stereocenters. The Bertz CT molecular complexity index is 1730. The highest BCUT2D eigenvalue weighted by atomic mass is 35.5. The van der Waals surface area contributed by atoms with Crippen LogP contribution in [0.15, 0.2) is 67.0 Å². The summed E-state index contributed by atoms with van der Waals surface area (Å²) >= 11 is 20.6. The lowest BCUT2D eigenvalue weighted by molar-refractivity contribution is 0.214. The summed E-state index contributed by atoms with van der Waals surface area (Å²) in [7, 11) is 0. The summed E-state index contributed by atoms with van der Waals surface area (Å²) in [5, 5.41) is 23.0. The van der Waals surface area contributed by atoms with Gasteiger partial charge in [0.15, 0.2) is 0 Å². The molecule has 0 saturated carbocycles. The van der Waals surface area contributed by atoms with Gasteiger partial charge in [-0.3, -0.25) is 9.88 Å². The van der Waals surface area contributed by atoms with Crippen molar-refractivity contribution in [2.45, 2.75) is 51.9 Å². The molecule has 8 nitrogen and oxygen atoms in total. The molecule has 0 aliphatic carbocycles. The fourth-order valence-corrected chi connectivity index (χ4v) is 6.49. The average molecular weight is 724 g/mol. The van der Waals surface area contributed by atoms with E-state index in [0.29, 0.717) is 51.0 Å². The summed E-state index contributed by atoms with van der Waals surface area (Å²) in [5.74, 6) is 1.73. The van der Waals surface area contributed by atoms with E-state index in [-0.39, 0.29) is 19.8 Å². The third kappa shape index (κ3) is 10.5. The van der Waals surface area contributed by atoms with Crippen LogP contribution in [0.1, 0.15) is 54.4 Å². The van der Waals surface area contributed by atoms with Crippen LogP contribution in [0.5, 0.6) is 17.2 Å². The first-order valence-corrected chi connectivity index (χ1v) is 17.7. The molecule has 0 bridgehead atoms. The molecule has 1 aliphatic rings. The Kier molecular flexibility index (Phi) is 14.2. The van der Waals surface area contributed by atoms with Crippen LogP contribution in [0.3, 0.4) is 0 Å². The number of aliphatic hydroxyl groups excluding tert-OH is 1. The summed E-state index contributed by atoms with van der Waals surface area (Å²) in [6, 6.07) is 19.1. The molecule has 1 fully saturated rings. The van der Waals surface area contributed by atoms with Crippen molar-refractivity contribution in [1.29, 1.82) is 5.26 Å². The molecule has 11 heteroatoms. The van der Waals surface area contributed by atoms with E-state index >= 15 is 0 Å². The fourth-order valence-electron chi connectivity index (χ4n) is 5.69. The van der Waals surface area contributed by atoms with Gasteiger partial charge in [0, 0.05) is 59.4 Å². The Morgan fingerprint density at radius 3 is 2.35 bits per heavy atom. The number of halogens is 3. The summed E-state index contributed by atoms with van der Waals surface area (Å²) < 4.78 is 18.6. The number of hydrogen-bond donors (Lipinski definition) is 2. The maximum absolute atomic E-state index is 9.29. The van der Waals surface area contributed by atoms with Gasteiger partial charge in [0.05, 0.1) is 27.2 Å². The first-order valence-electron chi connectivity index (χ1n) is 16.6. The van der Waals surface area contributed by atoms with E-state index in [0.717, 1.165) is 66.8 Å². The van der Waals surface area contributed by atoms with Gasteiger partial charge < -0.3 is 24.6 Å². The van der Waals surface area contributed by atoms with Crippen molar-refractivity contribution in [3.8, 4) is 34.4 Å². The zero-order valence-electron chi connectivity index (χ0n) is 27.4. The zero-order chi connectivity index (χ0) is 34.4. The standard InChI is InChI=1S/C38H41Cl3N4O4/c39-33-19-30(24-45-14-2-1-3-15-45)35(48-25-28-18-27(21-42)22-44-23-28)20-36(33)49-26-29-8-4-9-31(37(29)40)32-10-5-11-34(38(32)41)47-17-7-13-43-12-6-16-46/h4-5,8-11,18-20,22-23,43,46H,1-3,6-7,12-17,24-26H2. The SMILES string of the molecule is N#Cc1cncc(COc2cc(OCc3cccc(-c4cccc(OCCCNCCCO)c4Cl)c3Cl)c(Cl)cc2CN2CCCCC2)c1. The van der Waals surface area contributed by atoms with Gasteiger partial charge in [0.2, 0.25) is 0 Å². The molecular weight excluding hydrogens is 683 g/mol. The average Bonchev–Trinajstić information content (AvgIpc) is 3.12. The summed E-state index contributed by atoms with van der Waals surface area (Å²) in [4.78, 5) is 6.57. The molecule has 4 aromatic rings. The number of nitrogens with one attached hydrogen (secondary N) is 1. The van der Waals surface area contributed by atoms with Crippen molar-refractivity contribution in [3.05, 3.63) is 104 Å². The first-order chi connectivity index (χ1) is 24.0. The van der Waals surface area contributed by atoms with E-state index in [1.165, 1.54) is 25.5 Å². The van der Waals surface area contributed by atoms with Crippen LogP contribution >= 0.6 is 34.8 Å². The number of hydrogen-bond acceptors (Lipinski definition) is 8. The van der Waals surface area contributed by atoms with Crippen molar-refractivity contribution < 1.29 is 19.3 Å². The molecule has 0 atom stereocenters. The Morgan fingerprint density at radius 1 is 0.796 bits per heavy atom. The number of nitrogens with zero attached hydrogens (tertiary/aromatic N) is 3. The van der Waals surface area contributed by atoms with Gasteiger partial charge in [0.1, 0.15) is 36.5 Å². The number of rotatable bonds is 17. The predicted octanol–water partition coefficient (Wildman–Crippen LogP) is 8.47. The topological polar surface area (TPSA) is 99.9 Å². The van der Waals surface area contributed by atoms with E-state index in [1.807, 2.05) is 48.5 Å². The van der Waals surface area contributed by atoms with Gasteiger partial charge in [-0.25, -0.2) is 0 Å². The second kappa shape index (κ2) is 19.0. The molecule has 3 aromatic carbocycles. The minimum Gasteiger partial charge on any atom is -0.492 e. The maximum atomic E-state index is 9.29. The van der Waals surface area contributed by atoms with Gasteiger partial charge >= 0.3 is 0 Å². The van der Waals surface area contributed by atoms with Gasteiger partial charge in [-0.05, 0) is 70.1 Å². The number of pyridine rings is 1. The smallest absolute Gasteiger partial charge is 0.142 e. The second-order valence-corrected chi connectivity index (χ2v) is 13.1. The third-order valence-electron chi connectivity index (χ3n) is 8.26. The largest absolute Gasteiger partial charge is 0.492 e. The number of aliphatic hydroxyl groups is 1. The van der Waals surface area contributed by atoms with E-state index in [1.54, 1.807) is 12.3 Å². The summed E-state index contributed by atoms with van der Waals surface area (Å²) in [5.41, 5.74) is 4.54. The quantitative estimate of drug-likeness (QED) is 0.105.